The first-order valence-corrected chi connectivity index (χ1v) is 15.0. The number of β-amino-alcohol motifs (C(OH)–C–C–N with tert-alkyl or cyclic N) is 2. The van der Waals surface area contributed by atoms with E-state index in [4.69, 9.17) is 11.6 Å². The quantitative estimate of drug-likeness (QED) is 0.243. The number of nitrogens with zero attached hydrogens (tertiary/aromatic N) is 8. The summed E-state index contributed by atoms with van der Waals surface area (Å²) in [5.74, 6) is -1.19. The summed E-state index contributed by atoms with van der Waals surface area (Å²) in [6.45, 7) is 5.64. The van der Waals surface area contributed by atoms with Crippen LogP contribution in [-0.2, 0) is 0 Å². The number of nitrogens with one attached hydrogen (secondary N) is 1. The molecule has 2 aliphatic rings. The van der Waals surface area contributed by atoms with Crippen LogP contribution in [0.25, 0.3) is 11.3 Å². The lowest BCUT2D eigenvalue weighted by Crippen LogP contribution is -2.59. The van der Waals surface area contributed by atoms with Gasteiger partial charge in [0.2, 0.25) is 5.95 Å². The van der Waals surface area contributed by atoms with E-state index in [9.17, 15) is 28.2 Å². The van der Waals surface area contributed by atoms with Gasteiger partial charge in [-0.1, -0.05) is 17.7 Å². The zero-order chi connectivity index (χ0) is 32.7. The molecule has 2 saturated heterocycles. The Labute approximate surface area is 266 Å². The monoisotopic (exact) mass is 657 g/mol. The molecule has 1 amide bonds. The molecule has 2 aliphatic heterocycles. The van der Waals surface area contributed by atoms with Gasteiger partial charge >= 0.3 is 0 Å². The summed E-state index contributed by atoms with van der Waals surface area (Å²) in [4.78, 5) is 34.3. The highest BCUT2D eigenvalue weighted by molar-refractivity contribution is 6.31. The first-order valence-electron chi connectivity index (χ1n) is 14.6. The third-order valence-electron chi connectivity index (χ3n) is 8.63. The Morgan fingerprint density at radius 2 is 1.78 bits per heavy atom. The van der Waals surface area contributed by atoms with Crippen molar-refractivity contribution < 1.29 is 28.2 Å². The number of benzene rings is 1. The Morgan fingerprint density at radius 1 is 1.07 bits per heavy atom. The van der Waals surface area contributed by atoms with Gasteiger partial charge in [0.25, 0.3) is 12.3 Å². The summed E-state index contributed by atoms with van der Waals surface area (Å²) >= 11 is 5.82. The molecule has 2 unspecified atom stereocenters. The van der Waals surface area contributed by atoms with E-state index < -0.39 is 41.5 Å². The number of aromatic nitrogens is 6. The predicted molar refractivity (Wildman–Crippen MR) is 162 cm³/mol. The number of anilines is 2. The van der Waals surface area contributed by atoms with Crippen molar-refractivity contribution in [3.63, 3.8) is 0 Å². The third-order valence-corrected chi connectivity index (χ3v) is 8.92. The largest absolute Gasteiger partial charge is 0.389 e. The highest BCUT2D eigenvalue weighted by Gasteiger charge is 2.41. The van der Waals surface area contributed by atoms with Gasteiger partial charge in [-0.3, -0.25) is 19.4 Å². The summed E-state index contributed by atoms with van der Waals surface area (Å²) in [5.41, 5.74) is -0.523. The molecule has 1 aromatic carbocycles. The van der Waals surface area contributed by atoms with Gasteiger partial charge in [-0.25, -0.2) is 28.1 Å². The summed E-state index contributed by atoms with van der Waals surface area (Å²) < 4.78 is 43.5. The smallest absolute Gasteiger partial charge is 0.275 e. The number of hydrogen-bond donors (Lipinski definition) is 3. The molecule has 3 N–H and O–H groups in total. The van der Waals surface area contributed by atoms with Crippen molar-refractivity contribution in [2.45, 2.75) is 57.0 Å². The number of rotatable bonds is 9. The van der Waals surface area contributed by atoms with Gasteiger partial charge in [0.1, 0.15) is 5.69 Å². The molecule has 3 aromatic heterocycles. The van der Waals surface area contributed by atoms with Crippen molar-refractivity contribution in [3.05, 3.63) is 77.0 Å². The number of aliphatic hydroxyl groups excluding tert-OH is 2. The Kier molecular flexibility index (Phi) is 8.92. The van der Waals surface area contributed by atoms with E-state index >= 15 is 0 Å². The van der Waals surface area contributed by atoms with Gasteiger partial charge in [0.15, 0.2) is 5.82 Å². The van der Waals surface area contributed by atoms with Crippen LogP contribution in [0.3, 0.4) is 0 Å². The zero-order valence-electron chi connectivity index (χ0n) is 24.8. The van der Waals surface area contributed by atoms with Crippen molar-refractivity contribution in [1.29, 1.82) is 0 Å². The highest BCUT2D eigenvalue weighted by atomic mass is 35.5. The first kappa shape index (κ1) is 31.8. The van der Waals surface area contributed by atoms with Crippen LogP contribution in [0, 0.1) is 5.82 Å². The molecule has 0 radical (unpaired) electrons. The predicted octanol–water partition coefficient (Wildman–Crippen LogP) is 3.73. The molecule has 4 aromatic rings. The number of carbonyl (C=O) groups is 1. The van der Waals surface area contributed by atoms with Gasteiger partial charge in [0.05, 0.1) is 53.2 Å². The van der Waals surface area contributed by atoms with Crippen LogP contribution in [0.1, 0.15) is 54.4 Å². The van der Waals surface area contributed by atoms with E-state index in [0.29, 0.717) is 24.7 Å². The van der Waals surface area contributed by atoms with Crippen LogP contribution in [0.15, 0.2) is 49.3 Å². The minimum Gasteiger partial charge on any atom is -0.389 e. The van der Waals surface area contributed by atoms with E-state index in [1.54, 1.807) is 23.3 Å². The normalized spacial score (nSPS) is 21.3. The summed E-state index contributed by atoms with van der Waals surface area (Å²) in [6, 6.07) is 2.02. The highest BCUT2D eigenvalue weighted by Crippen LogP contribution is 2.35. The van der Waals surface area contributed by atoms with E-state index in [2.05, 4.69) is 47.1 Å². The van der Waals surface area contributed by atoms with Gasteiger partial charge in [-0.15, -0.1) is 0 Å². The number of aliphatic hydroxyl groups is 2. The molecule has 12 nitrogen and oxygen atoms in total. The zero-order valence-corrected chi connectivity index (χ0v) is 25.6. The molecule has 5 atom stereocenters. The van der Waals surface area contributed by atoms with Crippen LogP contribution < -0.4 is 10.2 Å². The first-order chi connectivity index (χ1) is 22.0. The number of carbonyl (C=O) groups excluding carboxylic acids is 1. The van der Waals surface area contributed by atoms with Crippen LogP contribution in [0.4, 0.5) is 24.8 Å². The Morgan fingerprint density at radius 3 is 2.43 bits per heavy atom. The summed E-state index contributed by atoms with van der Waals surface area (Å²) in [6.07, 6.45) is 5.18. The lowest BCUT2D eigenvalue weighted by molar-refractivity contribution is 0.0572. The molecule has 5 heterocycles. The maximum atomic E-state index is 14.7. The number of amides is 1. The molecular formula is C30H31ClF3N9O3. The maximum Gasteiger partial charge on any atom is 0.275 e. The fraction of sp³-hybridized carbons (Fsp3) is 0.400. The van der Waals surface area contributed by atoms with Crippen LogP contribution >= 0.6 is 11.6 Å². The lowest BCUT2D eigenvalue weighted by Gasteiger charge is -2.47. The lowest BCUT2D eigenvalue weighted by atomic mass is 9.95. The van der Waals surface area contributed by atoms with Crippen molar-refractivity contribution in [3.8, 4) is 11.3 Å². The second-order valence-corrected chi connectivity index (χ2v) is 11.9. The van der Waals surface area contributed by atoms with Crippen molar-refractivity contribution in [1.82, 2.24) is 34.6 Å². The second kappa shape index (κ2) is 12.9. The fourth-order valence-corrected chi connectivity index (χ4v) is 5.95. The van der Waals surface area contributed by atoms with E-state index in [1.165, 1.54) is 6.20 Å². The van der Waals surface area contributed by atoms with Crippen LogP contribution in [-0.4, -0.2) is 94.7 Å². The van der Waals surface area contributed by atoms with Gasteiger partial charge in [0, 0.05) is 67.0 Å². The van der Waals surface area contributed by atoms with Gasteiger partial charge < -0.3 is 20.4 Å². The van der Waals surface area contributed by atoms with E-state index in [-0.39, 0.29) is 34.5 Å². The van der Waals surface area contributed by atoms with Crippen molar-refractivity contribution in [2.24, 2.45) is 0 Å². The molecule has 0 spiro atoms. The Balaban J connectivity index is 1.11. The van der Waals surface area contributed by atoms with E-state index in [1.807, 2.05) is 6.92 Å². The molecule has 6 rings (SSSR count). The number of likely N-dealkylation sites (tertiary alicyclic amines) is 1. The molecule has 16 heteroatoms. The second-order valence-electron chi connectivity index (χ2n) is 11.4. The third kappa shape index (κ3) is 6.15. The fourth-order valence-electron chi connectivity index (χ4n) is 5.79. The minimum absolute atomic E-state index is 0.113. The van der Waals surface area contributed by atoms with Crippen LogP contribution in [0.5, 0.6) is 0 Å². The molecule has 2 fully saturated rings. The topological polar surface area (TPSA) is 145 Å². The standard InChI is InChI=1S/C30H31ClF3N9O3/c1-15(17-7-36-30(37-8-17)42-6-5-23(42)16(2)41-13-24(44)25(45)14-41)43-12-18(9-38-43)39-29(46)22-11-35-10-21(40-22)26-19(28(33)34)3-4-20(31)27(26)32/h3-4,7-12,15-16,23-25,28,44-45H,5-6,13-14H2,1-2H3,(H,39,46)/t15?,16?,23-,24-,25+/m0/s1. The van der Waals surface area contributed by atoms with Gasteiger partial charge in [-0.2, -0.15) is 5.10 Å². The molecular weight excluding hydrogens is 627 g/mol. The molecule has 0 bridgehead atoms. The SMILES string of the molecule is CC([C@@H]1CCN1c1ncc(C(C)n2cc(NC(=O)c3cncc(-c4c(C(F)F)ccc(Cl)c4F)n3)cn2)cn1)N1C[C@@H](O)[C@@H](O)C1. The number of halogens is 4. The van der Waals surface area contributed by atoms with Crippen molar-refractivity contribution >= 4 is 29.1 Å². The van der Waals surface area contributed by atoms with Crippen LogP contribution in [0.2, 0.25) is 5.02 Å². The summed E-state index contributed by atoms with van der Waals surface area (Å²) in [7, 11) is 0. The van der Waals surface area contributed by atoms with E-state index in [0.717, 1.165) is 43.1 Å². The van der Waals surface area contributed by atoms with Gasteiger partial charge in [-0.05, 0) is 26.3 Å². The Bertz CT molecular complexity index is 1720. The average molecular weight is 658 g/mol. The molecule has 46 heavy (non-hydrogen) atoms. The molecule has 242 valence electrons. The minimum atomic E-state index is -3.00. The molecule has 0 saturated carbocycles. The van der Waals surface area contributed by atoms with Crippen molar-refractivity contribution in [2.75, 3.05) is 29.9 Å². The summed E-state index contributed by atoms with van der Waals surface area (Å²) in [5, 5.41) is 26.5. The molecule has 0 aliphatic carbocycles. The Hall–Kier alpha value is -4.18. The number of hydrogen-bond acceptors (Lipinski definition) is 10. The maximum absolute atomic E-state index is 14.7. The number of alkyl halides is 2. The average Bonchev–Trinajstić information content (AvgIpc) is 3.63.